The van der Waals surface area contributed by atoms with Crippen molar-refractivity contribution in [2.24, 2.45) is 5.92 Å². The molecule has 2 aliphatic heterocycles. The number of hydrogen-bond donors (Lipinski definition) is 0. The molecule has 2 saturated heterocycles. The van der Waals surface area contributed by atoms with Crippen molar-refractivity contribution in [3.05, 3.63) is 0 Å². The molecular formula is C17H30N2O. The molecule has 1 saturated carbocycles. The Morgan fingerprint density at radius 1 is 0.950 bits per heavy atom. The lowest BCUT2D eigenvalue weighted by molar-refractivity contribution is -0.134. The molecule has 0 aromatic rings. The van der Waals surface area contributed by atoms with Crippen LogP contribution in [0, 0.1) is 5.92 Å². The Bertz CT molecular complexity index is 338. The van der Waals surface area contributed by atoms with E-state index in [1.165, 1.54) is 57.9 Å². The van der Waals surface area contributed by atoms with Gasteiger partial charge in [0.15, 0.2) is 0 Å². The molecule has 20 heavy (non-hydrogen) atoms. The molecule has 1 aliphatic carbocycles. The van der Waals surface area contributed by atoms with Crippen molar-refractivity contribution in [3.8, 4) is 0 Å². The first-order chi connectivity index (χ1) is 9.79. The largest absolute Gasteiger partial charge is 0.338 e. The van der Waals surface area contributed by atoms with Crippen LogP contribution in [0.25, 0.3) is 0 Å². The first-order valence-corrected chi connectivity index (χ1v) is 8.83. The van der Waals surface area contributed by atoms with Gasteiger partial charge in [-0.1, -0.05) is 19.8 Å². The molecule has 0 aromatic carbocycles. The van der Waals surface area contributed by atoms with Crippen LogP contribution < -0.4 is 0 Å². The summed E-state index contributed by atoms with van der Waals surface area (Å²) in [5.74, 6) is 1.15. The Morgan fingerprint density at radius 3 is 2.40 bits per heavy atom. The molecule has 0 bridgehead atoms. The average Bonchev–Trinajstić information content (AvgIpc) is 3.18. The molecule has 1 amide bonds. The number of amides is 1. The van der Waals surface area contributed by atoms with Crippen molar-refractivity contribution in [1.29, 1.82) is 0 Å². The van der Waals surface area contributed by atoms with Crippen LogP contribution in [0.2, 0.25) is 0 Å². The van der Waals surface area contributed by atoms with Gasteiger partial charge in [-0.3, -0.25) is 9.69 Å². The van der Waals surface area contributed by atoms with Crippen molar-refractivity contribution < 1.29 is 4.79 Å². The quantitative estimate of drug-likeness (QED) is 0.789. The van der Waals surface area contributed by atoms with E-state index in [0.717, 1.165) is 19.5 Å². The SMILES string of the molecule is CCN1CCCC1C1CCCN1C(=O)CC1CCCC1. The maximum atomic E-state index is 12.7. The normalized spacial score (nSPS) is 32.4. The Morgan fingerprint density at radius 2 is 1.65 bits per heavy atom. The smallest absolute Gasteiger partial charge is 0.223 e. The third-order valence-corrected chi connectivity index (χ3v) is 5.82. The van der Waals surface area contributed by atoms with Crippen LogP contribution in [0.1, 0.15) is 64.7 Å². The zero-order chi connectivity index (χ0) is 13.9. The number of rotatable bonds is 4. The fourth-order valence-corrected chi connectivity index (χ4v) is 4.76. The molecule has 0 spiro atoms. The maximum absolute atomic E-state index is 12.7. The number of carbonyl (C=O) groups excluding carboxylic acids is 1. The van der Waals surface area contributed by atoms with Gasteiger partial charge in [0.1, 0.15) is 0 Å². The summed E-state index contributed by atoms with van der Waals surface area (Å²) in [6.07, 6.45) is 11.2. The van der Waals surface area contributed by atoms with Crippen LogP contribution in [0.15, 0.2) is 0 Å². The number of carbonyl (C=O) groups is 1. The molecule has 0 aromatic heterocycles. The van der Waals surface area contributed by atoms with E-state index in [9.17, 15) is 4.79 Å². The minimum Gasteiger partial charge on any atom is -0.338 e. The molecule has 3 fully saturated rings. The highest BCUT2D eigenvalue weighted by molar-refractivity contribution is 5.77. The van der Waals surface area contributed by atoms with Crippen molar-refractivity contribution in [2.75, 3.05) is 19.6 Å². The van der Waals surface area contributed by atoms with Crippen LogP contribution in [-0.4, -0.2) is 47.4 Å². The van der Waals surface area contributed by atoms with E-state index < -0.39 is 0 Å². The molecule has 114 valence electrons. The second-order valence-corrected chi connectivity index (χ2v) is 6.99. The predicted molar refractivity (Wildman–Crippen MR) is 81.6 cm³/mol. The summed E-state index contributed by atoms with van der Waals surface area (Å²) in [7, 11) is 0. The molecule has 0 N–H and O–H groups in total. The van der Waals surface area contributed by atoms with Gasteiger partial charge >= 0.3 is 0 Å². The number of nitrogens with zero attached hydrogens (tertiary/aromatic N) is 2. The lowest BCUT2D eigenvalue weighted by Crippen LogP contribution is -2.48. The maximum Gasteiger partial charge on any atom is 0.223 e. The van der Waals surface area contributed by atoms with Gasteiger partial charge in [0.25, 0.3) is 0 Å². The second kappa shape index (κ2) is 6.46. The Labute approximate surface area is 123 Å². The van der Waals surface area contributed by atoms with Crippen LogP contribution in [0.4, 0.5) is 0 Å². The Balaban J connectivity index is 1.61. The van der Waals surface area contributed by atoms with Gasteiger partial charge in [0.2, 0.25) is 5.91 Å². The average molecular weight is 278 g/mol. The summed E-state index contributed by atoms with van der Waals surface area (Å²) in [6, 6.07) is 1.17. The van der Waals surface area contributed by atoms with Crippen LogP contribution in [0.5, 0.6) is 0 Å². The third kappa shape index (κ3) is 2.88. The molecule has 2 atom stereocenters. The number of hydrogen-bond acceptors (Lipinski definition) is 2. The zero-order valence-corrected chi connectivity index (χ0v) is 13.0. The van der Waals surface area contributed by atoms with Crippen molar-refractivity contribution in [2.45, 2.75) is 76.8 Å². The number of likely N-dealkylation sites (tertiary alicyclic amines) is 2. The van der Waals surface area contributed by atoms with Crippen LogP contribution >= 0.6 is 0 Å². The minimum absolute atomic E-state index is 0.461. The molecule has 2 heterocycles. The minimum atomic E-state index is 0.461. The van der Waals surface area contributed by atoms with E-state index in [1.54, 1.807) is 0 Å². The molecule has 3 aliphatic rings. The van der Waals surface area contributed by atoms with Gasteiger partial charge in [-0.05, 0) is 57.5 Å². The standard InChI is InChI=1S/C17H30N2O/c1-2-18-11-5-9-15(18)16-10-6-12-19(16)17(20)13-14-7-3-4-8-14/h14-16H,2-13H2,1H3. The van der Waals surface area contributed by atoms with Crippen LogP contribution in [0.3, 0.4) is 0 Å². The summed E-state index contributed by atoms with van der Waals surface area (Å²) in [5, 5.41) is 0. The fourth-order valence-electron chi connectivity index (χ4n) is 4.76. The Hall–Kier alpha value is -0.570. The molecule has 0 radical (unpaired) electrons. The third-order valence-electron chi connectivity index (χ3n) is 5.82. The monoisotopic (exact) mass is 278 g/mol. The predicted octanol–water partition coefficient (Wildman–Crippen LogP) is 3.04. The first kappa shape index (κ1) is 14.4. The van der Waals surface area contributed by atoms with E-state index in [2.05, 4.69) is 16.7 Å². The highest BCUT2D eigenvalue weighted by Crippen LogP contribution is 2.33. The lowest BCUT2D eigenvalue weighted by atomic mass is 10.00. The van der Waals surface area contributed by atoms with E-state index in [0.29, 0.717) is 23.9 Å². The number of likely N-dealkylation sites (N-methyl/N-ethyl adjacent to an activating group) is 1. The van der Waals surface area contributed by atoms with Gasteiger partial charge in [-0.15, -0.1) is 0 Å². The summed E-state index contributed by atoms with van der Waals surface area (Å²) >= 11 is 0. The summed E-state index contributed by atoms with van der Waals surface area (Å²) < 4.78 is 0. The van der Waals surface area contributed by atoms with E-state index >= 15 is 0 Å². The molecule has 3 rings (SSSR count). The van der Waals surface area contributed by atoms with Crippen molar-refractivity contribution in [3.63, 3.8) is 0 Å². The first-order valence-electron chi connectivity index (χ1n) is 8.83. The van der Waals surface area contributed by atoms with E-state index in [4.69, 9.17) is 0 Å². The van der Waals surface area contributed by atoms with Gasteiger partial charge in [-0.25, -0.2) is 0 Å². The molecule has 3 nitrogen and oxygen atoms in total. The molecule has 2 unspecified atom stereocenters. The summed E-state index contributed by atoms with van der Waals surface area (Å²) in [4.78, 5) is 17.5. The highest BCUT2D eigenvalue weighted by atomic mass is 16.2. The molecule has 3 heteroatoms. The zero-order valence-electron chi connectivity index (χ0n) is 13.0. The lowest BCUT2D eigenvalue weighted by Gasteiger charge is -2.35. The van der Waals surface area contributed by atoms with Gasteiger partial charge in [0.05, 0.1) is 0 Å². The fraction of sp³-hybridized carbons (Fsp3) is 0.941. The Kier molecular flexibility index (Phi) is 4.65. The summed E-state index contributed by atoms with van der Waals surface area (Å²) in [5.41, 5.74) is 0. The van der Waals surface area contributed by atoms with Crippen molar-refractivity contribution >= 4 is 5.91 Å². The van der Waals surface area contributed by atoms with Crippen LogP contribution in [-0.2, 0) is 4.79 Å². The highest BCUT2D eigenvalue weighted by Gasteiger charge is 2.39. The second-order valence-electron chi connectivity index (χ2n) is 6.99. The van der Waals surface area contributed by atoms with Gasteiger partial charge in [-0.2, -0.15) is 0 Å². The summed E-state index contributed by atoms with van der Waals surface area (Å²) in [6.45, 7) is 5.66. The van der Waals surface area contributed by atoms with Gasteiger partial charge in [0, 0.05) is 25.0 Å². The van der Waals surface area contributed by atoms with E-state index in [1.807, 2.05) is 0 Å². The van der Waals surface area contributed by atoms with Gasteiger partial charge < -0.3 is 4.90 Å². The van der Waals surface area contributed by atoms with Crippen molar-refractivity contribution in [1.82, 2.24) is 9.80 Å². The topological polar surface area (TPSA) is 23.6 Å². The van der Waals surface area contributed by atoms with E-state index in [-0.39, 0.29) is 0 Å². The molecular weight excluding hydrogens is 248 g/mol.